The first-order chi connectivity index (χ1) is 15.7. The molecule has 9 nitrogen and oxygen atoms in total. The molecule has 1 aromatic heterocycles. The van der Waals surface area contributed by atoms with Crippen LogP contribution in [0.1, 0.15) is 23.3 Å². The van der Waals surface area contributed by atoms with Crippen molar-refractivity contribution in [2.75, 3.05) is 31.2 Å². The highest BCUT2D eigenvalue weighted by Crippen LogP contribution is 2.34. The molecule has 186 valence electrons. The number of nitrogens with two attached hydrogens (primary N) is 1. The van der Waals surface area contributed by atoms with Gasteiger partial charge >= 0.3 is 18.1 Å². The number of carboxylic acids is 2. The van der Waals surface area contributed by atoms with Crippen LogP contribution in [0, 0.1) is 17.6 Å². The second-order valence-electron chi connectivity index (χ2n) is 8.04. The summed E-state index contributed by atoms with van der Waals surface area (Å²) in [6, 6.07) is 0.391. The highest BCUT2D eigenvalue weighted by atomic mass is 19.4. The fourth-order valence-corrected chi connectivity index (χ4v) is 3.72. The molecule has 2 fully saturated rings. The van der Waals surface area contributed by atoms with Gasteiger partial charge in [-0.05, 0) is 12.0 Å². The van der Waals surface area contributed by atoms with Gasteiger partial charge in [-0.2, -0.15) is 13.2 Å². The minimum atomic E-state index is -5.08. The summed E-state index contributed by atoms with van der Waals surface area (Å²) in [6.07, 6.45) is -3.97. The smallest absolute Gasteiger partial charge is 0.477 e. The SMILES string of the molecule is C[C@@H]1CN(c2c(F)cc3c(=O)c(C(=O)O)cn(C4COC4)c3c2F)C[C@H]1N.O=C(O)C(F)(F)F. The standard InChI is InChI=1S/C18H19F2N3O4.C2HF3O2/c1-8-3-22(5-13(8)21)16-12(19)2-10-15(14(16)20)23(9-6-27-7-9)4-11(17(10)24)18(25)26;3-2(4,5)1(6)7/h2,4,8-9,13H,3,5-7,21H2,1H3,(H,25,26);(H,6,7)/t8-,13-;/m1./s1. The summed E-state index contributed by atoms with van der Waals surface area (Å²) < 4.78 is 68.5. The van der Waals surface area contributed by atoms with E-state index in [1.807, 2.05) is 6.92 Å². The molecule has 3 heterocycles. The van der Waals surface area contributed by atoms with Gasteiger partial charge in [0.15, 0.2) is 5.82 Å². The van der Waals surface area contributed by atoms with E-state index in [0.29, 0.717) is 13.1 Å². The number of halogens is 5. The fourth-order valence-electron chi connectivity index (χ4n) is 3.72. The van der Waals surface area contributed by atoms with Gasteiger partial charge in [0.05, 0.1) is 30.2 Å². The summed E-state index contributed by atoms with van der Waals surface area (Å²) in [6.45, 7) is 3.11. The van der Waals surface area contributed by atoms with Crippen molar-refractivity contribution in [1.29, 1.82) is 0 Å². The highest BCUT2D eigenvalue weighted by Gasteiger charge is 2.38. The van der Waals surface area contributed by atoms with Gasteiger partial charge in [-0.15, -0.1) is 0 Å². The van der Waals surface area contributed by atoms with Crippen molar-refractivity contribution in [3.63, 3.8) is 0 Å². The van der Waals surface area contributed by atoms with Crippen molar-refractivity contribution in [3.8, 4) is 0 Å². The molecular formula is C20H20F5N3O6. The van der Waals surface area contributed by atoms with Crippen LogP contribution in [-0.4, -0.2) is 65.2 Å². The van der Waals surface area contributed by atoms with Gasteiger partial charge in [-0.25, -0.2) is 18.4 Å². The van der Waals surface area contributed by atoms with E-state index in [1.54, 1.807) is 0 Å². The zero-order chi connectivity index (χ0) is 25.5. The van der Waals surface area contributed by atoms with Crippen LogP contribution in [0.25, 0.3) is 10.9 Å². The van der Waals surface area contributed by atoms with E-state index < -0.39 is 40.7 Å². The summed E-state index contributed by atoms with van der Waals surface area (Å²) in [5.41, 5.74) is 4.19. The van der Waals surface area contributed by atoms with Gasteiger partial charge in [0.2, 0.25) is 5.43 Å². The number of pyridine rings is 1. The van der Waals surface area contributed by atoms with Crippen LogP contribution in [0.3, 0.4) is 0 Å². The molecule has 34 heavy (non-hydrogen) atoms. The molecule has 4 N–H and O–H groups in total. The van der Waals surface area contributed by atoms with Gasteiger partial charge in [0.1, 0.15) is 17.1 Å². The summed E-state index contributed by atoms with van der Waals surface area (Å²) >= 11 is 0. The molecule has 0 spiro atoms. The Morgan fingerprint density at radius 2 is 1.76 bits per heavy atom. The fraction of sp³-hybridized carbons (Fsp3) is 0.450. The monoisotopic (exact) mass is 493 g/mol. The second-order valence-corrected chi connectivity index (χ2v) is 8.04. The number of aliphatic carboxylic acids is 1. The molecule has 0 saturated carbocycles. The topological polar surface area (TPSA) is 135 Å². The van der Waals surface area contributed by atoms with Crippen LogP contribution in [0.2, 0.25) is 0 Å². The molecule has 2 atom stereocenters. The number of anilines is 1. The van der Waals surface area contributed by atoms with Crippen LogP contribution in [0.5, 0.6) is 0 Å². The lowest BCUT2D eigenvalue weighted by Gasteiger charge is -2.31. The molecule has 0 bridgehead atoms. The minimum Gasteiger partial charge on any atom is -0.477 e. The molecule has 2 aromatic rings. The average molecular weight is 493 g/mol. The maximum Gasteiger partial charge on any atom is 0.490 e. The number of carbonyl (C=O) groups is 2. The van der Waals surface area contributed by atoms with Gasteiger partial charge in [0.25, 0.3) is 0 Å². The number of ether oxygens (including phenoxy) is 1. The molecule has 0 amide bonds. The van der Waals surface area contributed by atoms with Gasteiger partial charge in [-0.1, -0.05) is 6.92 Å². The summed E-state index contributed by atoms with van der Waals surface area (Å²) in [5.74, 6) is -5.92. The first-order valence-corrected chi connectivity index (χ1v) is 9.92. The first-order valence-electron chi connectivity index (χ1n) is 9.92. The first kappa shape index (κ1) is 25.4. The lowest BCUT2D eigenvalue weighted by molar-refractivity contribution is -0.192. The Hall–Kier alpha value is -3.26. The van der Waals surface area contributed by atoms with Crippen molar-refractivity contribution >= 4 is 28.5 Å². The highest BCUT2D eigenvalue weighted by molar-refractivity contribution is 5.94. The molecule has 1 aromatic carbocycles. The number of aromatic carboxylic acids is 1. The normalized spacial score (nSPS) is 20.6. The number of fused-ring (bicyclic) bond motifs is 1. The minimum absolute atomic E-state index is 0.0658. The van der Waals surface area contributed by atoms with Crippen molar-refractivity contribution < 1.29 is 46.5 Å². The number of hydrogen-bond donors (Lipinski definition) is 3. The van der Waals surface area contributed by atoms with E-state index in [4.69, 9.17) is 20.4 Å². The van der Waals surface area contributed by atoms with Gasteiger partial charge in [0, 0.05) is 25.3 Å². The predicted molar refractivity (Wildman–Crippen MR) is 108 cm³/mol. The Bertz CT molecular complexity index is 1180. The Kier molecular flexibility index (Phi) is 6.85. The molecule has 2 aliphatic rings. The number of carboxylic acid groups (broad SMARTS) is 2. The molecule has 14 heteroatoms. The van der Waals surface area contributed by atoms with Crippen molar-refractivity contribution in [3.05, 3.63) is 39.7 Å². The molecule has 4 rings (SSSR count). The number of rotatable bonds is 3. The van der Waals surface area contributed by atoms with E-state index in [2.05, 4.69) is 0 Å². The number of benzene rings is 1. The zero-order valence-electron chi connectivity index (χ0n) is 17.6. The Balaban J connectivity index is 0.000000406. The van der Waals surface area contributed by atoms with Gasteiger partial charge < -0.3 is 30.2 Å². The van der Waals surface area contributed by atoms with E-state index in [9.17, 15) is 32.3 Å². The third kappa shape index (κ3) is 4.68. The van der Waals surface area contributed by atoms with Crippen LogP contribution in [-0.2, 0) is 9.53 Å². The van der Waals surface area contributed by atoms with E-state index >= 15 is 4.39 Å². The largest absolute Gasteiger partial charge is 0.490 e. The van der Waals surface area contributed by atoms with Crippen molar-refractivity contribution in [1.82, 2.24) is 4.57 Å². The Morgan fingerprint density at radius 3 is 2.18 bits per heavy atom. The number of aromatic nitrogens is 1. The predicted octanol–water partition coefficient (Wildman–Crippen LogP) is 1.97. The van der Waals surface area contributed by atoms with E-state index in [1.165, 1.54) is 9.47 Å². The Morgan fingerprint density at radius 1 is 1.18 bits per heavy atom. The molecule has 2 saturated heterocycles. The number of nitrogens with zero attached hydrogens (tertiary/aromatic N) is 2. The molecule has 0 aliphatic carbocycles. The summed E-state index contributed by atoms with van der Waals surface area (Å²) in [4.78, 5) is 34.3. The summed E-state index contributed by atoms with van der Waals surface area (Å²) in [7, 11) is 0. The third-order valence-corrected chi connectivity index (χ3v) is 5.66. The van der Waals surface area contributed by atoms with Crippen LogP contribution < -0.4 is 16.1 Å². The van der Waals surface area contributed by atoms with Crippen LogP contribution in [0.4, 0.5) is 27.6 Å². The third-order valence-electron chi connectivity index (χ3n) is 5.66. The molecular weight excluding hydrogens is 473 g/mol. The summed E-state index contributed by atoms with van der Waals surface area (Å²) in [5, 5.41) is 16.1. The lowest BCUT2D eigenvalue weighted by atomic mass is 10.1. The molecule has 2 aliphatic heterocycles. The average Bonchev–Trinajstić information content (AvgIpc) is 3.00. The molecule has 0 radical (unpaired) electrons. The van der Waals surface area contributed by atoms with E-state index in [-0.39, 0.29) is 47.8 Å². The zero-order valence-corrected chi connectivity index (χ0v) is 17.6. The van der Waals surface area contributed by atoms with E-state index in [0.717, 1.165) is 12.3 Å². The maximum atomic E-state index is 15.5. The van der Waals surface area contributed by atoms with Crippen molar-refractivity contribution in [2.24, 2.45) is 11.7 Å². The van der Waals surface area contributed by atoms with Gasteiger partial charge in [-0.3, -0.25) is 4.79 Å². The van der Waals surface area contributed by atoms with Crippen LogP contribution >= 0.6 is 0 Å². The van der Waals surface area contributed by atoms with Crippen LogP contribution in [0.15, 0.2) is 17.1 Å². The lowest BCUT2D eigenvalue weighted by Crippen LogP contribution is -2.34. The van der Waals surface area contributed by atoms with Crippen molar-refractivity contribution in [2.45, 2.75) is 25.2 Å². The number of hydrogen-bond acceptors (Lipinski definition) is 6. The second kappa shape index (κ2) is 9.18. The molecule has 0 unspecified atom stereocenters. The quantitative estimate of drug-likeness (QED) is 0.553. The number of alkyl halides is 3. The Labute approximate surface area is 188 Å². The maximum absolute atomic E-state index is 15.5.